The zero-order chi connectivity index (χ0) is 11.4. The molecule has 0 atom stereocenters. The Hall–Kier alpha value is -1.01. The third-order valence-corrected chi connectivity index (χ3v) is 3.52. The van der Waals surface area contributed by atoms with Crippen LogP contribution >= 0.6 is 15.9 Å². The third kappa shape index (κ3) is 2.76. The summed E-state index contributed by atoms with van der Waals surface area (Å²) in [5.41, 5.74) is 2.54. The molecule has 0 amide bonds. The normalized spacial score (nSPS) is 14.5. The van der Waals surface area contributed by atoms with Gasteiger partial charge in [-0.05, 0) is 30.5 Å². The van der Waals surface area contributed by atoms with Crippen LogP contribution < -0.4 is 4.90 Å². The van der Waals surface area contributed by atoms with E-state index in [4.69, 9.17) is 5.26 Å². The Morgan fingerprint density at radius 3 is 2.50 bits per heavy atom. The van der Waals surface area contributed by atoms with E-state index < -0.39 is 0 Å². The van der Waals surface area contributed by atoms with Crippen LogP contribution in [0.5, 0.6) is 0 Å². The number of anilines is 1. The van der Waals surface area contributed by atoms with Crippen LogP contribution in [0.25, 0.3) is 0 Å². The topological polar surface area (TPSA) is 27.0 Å². The summed E-state index contributed by atoms with van der Waals surface area (Å²) < 4.78 is 0. The van der Waals surface area contributed by atoms with E-state index in [1.807, 2.05) is 0 Å². The van der Waals surface area contributed by atoms with Crippen molar-refractivity contribution in [1.82, 2.24) is 0 Å². The molecule has 0 aliphatic heterocycles. The molecule has 0 unspecified atom stereocenters. The monoisotopic (exact) mass is 278 g/mol. The van der Waals surface area contributed by atoms with E-state index in [0.29, 0.717) is 12.5 Å². The fraction of sp³-hybridized carbons (Fsp3) is 0.462. The highest BCUT2D eigenvalue weighted by atomic mass is 79.9. The summed E-state index contributed by atoms with van der Waals surface area (Å²) in [7, 11) is 0. The van der Waals surface area contributed by atoms with Gasteiger partial charge in [0, 0.05) is 23.6 Å². The van der Waals surface area contributed by atoms with E-state index in [9.17, 15) is 0 Å². The van der Waals surface area contributed by atoms with Gasteiger partial charge in [-0.1, -0.05) is 28.1 Å². The van der Waals surface area contributed by atoms with Gasteiger partial charge in [0.25, 0.3) is 0 Å². The zero-order valence-electron chi connectivity index (χ0n) is 9.19. The standard InChI is InChI=1S/C13H15BrN2/c14-10-11-2-4-12(5-3-11)16(9-1-8-15)13-6-7-13/h2-5,13H,1,6-7,9-10H2. The van der Waals surface area contributed by atoms with E-state index >= 15 is 0 Å². The third-order valence-electron chi connectivity index (χ3n) is 2.87. The molecule has 2 nitrogen and oxygen atoms in total. The van der Waals surface area contributed by atoms with Crippen molar-refractivity contribution in [1.29, 1.82) is 5.26 Å². The fourth-order valence-electron chi connectivity index (χ4n) is 1.86. The van der Waals surface area contributed by atoms with E-state index in [-0.39, 0.29) is 0 Å². The predicted octanol–water partition coefficient (Wildman–Crippen LogP) is 3.46. The molecule has 1 aliphatic rings. The first-order valence-corrected chi connectivity index (χ1v) is 6.76. The molecule has 1 saturated carbocycles. The smallest absolute Gasteiger partial charge is 0.0640 e. The van der Waals surface area contributed by atoms with Crippen molar-refractivity contribution in [3.63, 3.8) is 0 Å². The second-order valence-electron chi connectivity index (χ2n) is 4.13. The number of hydrogen-bond acceptors (Lipinski definition) is 2. The molecule has 1 aromatic carbocycles. The van der Waals surface area contributed by atoms with Crippen molar-refractivity contribution >= 4 is 21.6 Å². The number of nitriles is 1. The van der Waals surface area contributed by atoms with Crippen molar-refractivity contribution in [2.24, 2.45) is 0 Å². The lowest BCUT2D eigenvalue weighted by Crippen LogP contribution is -2.26. The molecule has 0 saturated heterocycles. The Labute approximate surface area is 105 Å². The summed E-state index contributed by atoms with van der Waals surface area (Å²) in [5, 5.41) is 9.56. The number of nitrogens with zero attached hydrogens (tertiary/aromatic N) is 2. The van der Waals surface area contributed by atoms with Crippen molar-refractivity contribution < 1.29 is 0 Å². The average molecular weight is 279 g/mol. The van der Waals surface area contributed by atoms with Crippen LogP contribution in [0.1, 0.15) is 24.8 Å². The van der Waals surface area contributed by atoms with Gasteiger partial charge in [0.05, 0.1) is 12.5 Å². The Morgan fingerprint density at radius 2 is 2.00 bits per heavy atom. The van der Waals surface area contributed by atoms with Gasteiger partial charge in [-0.25, -0.2) is 0 Å². The number of alkyl halides is 1. The lowest BCUT2D eigenvalue weighted by Gasteiger charge is -2.23. The SMILES string of the molecule is N#CCCN(c1ccc(CBr)cc1)C1CC1. The molecule has 0 bridgehead atoms. The number of benzene rings is 1. The molecule has 1 aliphatic carbocycles. The van der Waals surface area contributed by atoms with Crippen LogP contribution in [-0.4, -0.2) is 12.6 Å². The van der Waals surface area contributed by atoms with Crippen LogP contribution in [0.4, 0.5) is 5.69 Å². The van der Waals surface area contributed by atoms with Crippen LogP contribution in [0.15, 0.2) is 24.3 Å². The van der Waals surface area contributed by atoms with Crippen LogP contribution in [0, 0.1) is 11.3 Å². The highest BCUT2D eigenvalue weighted by Gasteiger charge is 2.28. The number of halogens is 1. The van der Waals surface area contributed by atoms with Crippen molar-refractivity contribution in [3.05, 3.63) is 29.8 Å². The molecule has 1 aromatic rings. The Kier molecular flexibility index (Phi) is 3.84. The average Bonchev–Trinajstić information content (AvgIpc) is 3.15. The lowest BCUT2D eigenvalue weighted by atomic mass is 10.2. The summed E-state index contributed by atoms with van der Waals surface area (Å²) in [6, 6.07) is 11.5. The van der Waals surface area contributed by atoms with E-state index in [1.54, 1.807) is 0 Å². The largest absolute Gasteiger partial charge is 0.368 e. The number of hydrogen-bond donors (Lipinski definition) is 0. The summed E-state index contributed by atoms with van der Waals surface area (Å²) in [4.78, 5) is 2.36. The Balaban J connectivity index is 2.08. The van der Waals surface area contributed by atoms with Gasteiger partial charge in [0.15, 0.2) is 0 Å². The quantitative estimate of drug-likeness (QED) is 0.772. The second-order valence-corrected chi connectivity index (χ2v) is 4.69. The summed E-state index contributed by atoms with van der Waals surface area (Å²) in [5.74, 6) is 0. The first-order valence-electron chi connectivity index (χ1n) is 5.63. The molecule has 0 spiro atoms. The molecule has 16 heavy (non-hydrogen) atoms. The van der Waals surface area contributed by atoms with Gasteiger partial charge < -0.3 is 4.90 Å². The highest BCUT2D eigenvalue weighted by molar-refractivity contribution is 9.08. The maximum atomic E-state index is 8.66. The minimum absolute atomic E-state index is 0.608. The predicted molar refractivity (Wildman–Crippen MR) is 69.7 cm³/mol. The molecule has 0 radical (unpaired) electrons. The maximum absolute atomic E-state index is 8.66. The minimum atomic E-state index is 0.608. The van der Waals surface area contributed by atoms with Gasteiger partial charge in [0.2, 0.25) is 0 Å². The van der Waals surface area contributed by atoms with Crippen molar-refractivity contribution in [2.75, 3.05) is 11.4 Å². The highest BCUT2D eigenvalue weighted by Crippen LogP contribution is 2.31. The molecule has 0 heterocycles. The molecule has 3 heteroatoms. The molecule has 0 N–H and O–H groups in total. The minimum Gasteiger partial charge on any atom is -0.368 e. The lowest BCUT2D eigenvalue weighted by molar-refractivity contribution is 0.793. The van der Waals surface area contributed by atoms with Gasteiger partial charge in [-0.2, -0.15) is 5.26 Å². The number of rotatable bonds is 5. The molecule has 1 fully saturated rings. The van der Waals surface area contributed by atoms with E-state index in [0.717, 1.165) is 11.9 Å². The molecule has 84 valence electrons. The maximum Gasteiger partial charge on any atom is 0.0640 e. The fourth-order valence-corrected chi connectivity index (χ4v) is 2.23. The summed E-state index contributed by atoms with van der Waals surface area (Å²) in [6.45, 7) is 0.856. The molecule has 0 aromatic heterocycles. The van der Waals surface area contributed by atoms with E-state index in [1.165, 1.54) is 24.1 Å². The molecule has 2 rings (SSSR count). The van der Waals surface area contributed by atoms with Gasteiger partial charge in [-0.3, -0.25) is 0 Å². The van der Waals surface area contributed by atoms with Gasteiger partial charge >= 0.3 is 0 Å². The first-order chi connectivity index (χ1) is 7.85. The summed E-state index contributed by atoms with van der Waals surface area (Å²) in [6.07, 6.45) is 3.15. The molecular formula is C13H15BrN2. The van der Waals surface area contributed by atoms with Gasteiger partial charge in [-0.15, -0.1) is 0 Å². The second kappa shape index (κ2) is 5.36. The van der Waals surface area contributed by atoms with Crippen molar-refractivity contribution in [3.8, 4) is 6.07 Å². The zero-order valence-corrected chi connectivity index (χ0v) is 10.8. The van der Waals surface area contributed by atoms with Crippen LogP contribution in [0.2, 0.25) is 0 Å². The van der Waals surface area contributed by atoms with Crippen LogP contribution in [-0.2, 0) is 5.33 Å². The van der Waals surface area contributed by atoms with E-state index in [2.05, 4.69) is 51.2 Å². The van der Waals surface area contributed by atoms with Crippen molar-refractivity contribution in [2.45, 2.75) is 30.6 Å². The Morgan fingerprint density at radius 1 is 1.31 bits per heavy atom. The van der Waals surface area contributed by atoms with Gasteiger partial charge in [0.1, 0.15) is 0 Å². The first kappa shape index (κ1) is 11.5. The Bertz CT molecular complexity index is 376. The van der Waals surface area contributed by atoms with Crippen LogP contribution in [0.3, 0.4) is 0 Å². The summed E-state index contributed by atoms with van der Waals surface area (Å²) >= 11 is 3.45. The molecular weight excluding hydrogens is 264 g/mol.